The minimum Gasteiger partial charge on any atom is -0.348 e. The molecule has 0 bridgehead atoms. The molecule has 0 aliphatic rings. The number of aryl methyl sites for hydroxylation is 1. The first-order chi connectivity index (χ1) is 14.0. The fourth-order valence-corrected chi connectivity index (χ4v) is 3.11. The number of carbonyl (C=O) groups is 2. The van der Waals surface area contributed by atoms with Crippen LogP contribution in [0.3, 0.4) is 0 Å². The van der Waals surface area contributed by atoms with E-state index in [9.17, 15) is 9.59 Å². The van der Waals surface area contributed by atoms with Gasteiger partial charge in [-0.1, -0.05) is 38.1 Å². The molecule has 2 aromatic carbocycles. The molecule has 5 heteroatoms. The Morgan fingerprint density at radius 2 is 1.59 bits per heavy atom. The van der Waals surface area contributed by atoms with E-state index in [1.165, 1.54) is 0 Å². The van der Waals surface area contributed by atoms with Crippen molar-refractivity contribution in [2.75, 3.05) is 5.32 Å². The van der Waals surface area contributed by atoms with Gasteiger partial charge < -0.3 is 10.6 Å². The molecule has 0 radical (unpaired) electrons. The van der Waals surface area contributed by atoms with E-state index >= 15 is 0 Å². The Hall–Kier alpha value is -3.47. The zero-order valence-corrected chi connectivity index (χ0v) is 16.9. The van der Waals surface area contributed by atoms with E-state index in [0.717, 1.165) is 22.4 Å². The van der Waals surface area contributed by atoms with Crippen LogP contribution in [-0.4, -0.2) is 16.8 Å². The molecule has 1 aromatic heterocycles. The van der Waals surface area contributed by atoms with Gasteiger partial charge in [0.05, 0.1) is 0 Å². The van der Waals surface area contributed by atoms with Gasteiger partial charge >= 0.3 is 0 Å². The Kier molecular flexibility index (Phi) is 6.39. The van der Waals surface area contributed by atoms with E-state index < -0.39 is 0 Å². The largest absolute Gasteiger partial charge is 0.348 e. The number of benzene rings is 2. The molecule has 0 saturated carbocycles. The number of nitrogens with one attached hydrogen (secondary N) is 2. The average molecular weight is 387 g/mol. The van der Waals surface area contributed by atoms with E-state index in [0.29, 0.717) is 17.7 Å². The molecule has 2 amide bonds. The number of carbonyl (C=O) groups excluding carboxylic acids is 2. The number of pyridine rings is 1. The molecular formula is C24H25N3O2. The highest BCUT2D eigenvalue weighted by Gasteiger charge is 2.15. The van der Waals surface area contributed by atoms with E-state index in [2.05, 4.69) is 29.5 Å². The van der Waals surface area contributed by atoms with Crippen molar-refractivity contribution in [3.8, 4) is 0 Å². The van der Waals surface area contributed by atoms with Crippen LogP contribution in [-0.2, 0) is 6.54 Å². The third-order valence-electron chi connectivity index (χ3n) is 4.75. The highest BCUT2D eigenvalue weighted by molar-refractivity contribution is 6.06. The summed E-state index contributed by atoms with van der Waals surface area (Å²) < 4.78 is 0. The van der Waals surface area contributed by atoms with Crippen LogP contribution in [0.1, 0.15) is 57.2 Å². The zero-order valence-electron chi connectivity index (χ0n) is 16.9. The second kappa shape index (κ2) is 9.15. The average Bonchev–Trinajstić information content (AvgIpc) is 2.74. The molecule has 0 aliphatic heterocycles. The molecule has 0 fully saturated rings. The Balaban J connectivity index is 1.74. The summed E-state index contributed by atoms with van der Waals surface area (Å²) in [5.41, 5.74) is 4.78. The number of anilines is 1. The first-order valence-corrected chi connectivity index (χ1v) is 9.63. The van der Waals surface area contributed by atoms with Crippen LogP contribution in [0.25, 0.3) is 0 Å². The molecule has 0 unspecified atom stereocenters. The summed E-state index contributed by atoms with van der Waals surface area (Å²) in [5.74, 6) is -0.171. The Bertz CT molecular complexity index is 1010. The van der Waals surface area contributed by atoms with E-state index in [1.807, 2.05) is 37.3 Å². The Morgan fingerprint density at radius 1 is 0.931 bits per heavy atom. The van der Waals surface area contributed by atoms with Crippen LogP contribution < -0.4 is 10.6 Å². The standard InChI is InChI=1S/C24H25N3O2/c1-16(2)21-9-4-6-17(3)22(21)27-24(29)20-8-5-7-19(14-20)23(28)26-15-18-10-12-25-13-11-18/h4-14,16H,15H2,1-3H3,(H,26,28)(H,27,29). The summed E-state index contributed by atoms with van der Waals surface area (Å²) in [5, 5.41) is 5.89. The van der Waals surface area contributed by atoms with Crippen LogP contribution in [0, 0.1) is 6.92 Å². The minimum atomic E-state index is -0.231. The third kappa shape index (κ3) is 5.08. The fourth-order valence-electron chi connectivity index (χ4n) is 3.11. The van der Waals surface area contributed by atoms with Crippen LogP contribution >= 0.6 is 0 Å². The van der Waals surface area contributed by atoms with Gasteiger partial charge in [-0.3, -0.25) is 14.6 Å². The molecule has 2 N–H and O–H groups in total. The Labute approximate surface area is 171 Å². The van der Waals surface area contributed by atoms with E-state index in [4.69, 9.17) is 0 Å². The lowest BCUT2D eigenvalue weighted by Gasteiger charge is -2.16. The number of hydrogen-bond acceptors (Lipinski definition) is 3. The van der Waals surface area contributed by atoms with Crippen molar-refractivity contribution in [3.05, 3.63) is 94.8 Å². The van der Waals surface area contributed by atoms with Crippen molar-refractivity contribution in [1.29, 1.82) is 0 Å². The lowest BCUT2D eigenvalue weighted by molar-refractivity contribution is 0.0951. The molecule has 0 spiro atoms. The minimum absolute atomic E-state index is 0.227. The molecule has 0 aliphatic carbocycles. The van der Waals surface area contributed by atoms with Gasteiger partial charge in [0.2, 0.25) is 0 Å². The summed E-state index contributed by atoms with van der Waals surface area (Å²) in [4.78, 5) is 29.3. The molecule has 148 valence electrons. The number of nitrogens with zero attached hydrogens (tertiary/aromatic N) is 1. The summed E-state index contributed by atoms with van der Waals surface area (Å²) in [6, 6.07) is 16.4. The maximum absolute atomic E-state index is 12.8. The highest BCUT2D eigenvalue weighted by atomic mass is 16.2. The lowest BCUT2D eigenvalue weighted by Crippen LogP contribution is -2.23. The van der Waals surface area contributed by atoms with Crippen LogP contribution in [0.15, 0.2) is 67.0 Å². The van der Waals surface area contributed by atoms with Gasteiger partial charge in [0.25, 0.3) is 11.8 Å². The number of para-hydroxylation sites is 1. The Morgan fingerprint density at radius 3 is 2.28 bits per heavy atom. The van der Waals surface area contributed by atoms with Crippen LogP contribution in [0.2, 0.25) is 0 Å². The van der Waals surface area contributed by atoms with E-state index in [1.54, 1.807) is 36.7 Å². The molecule has 29 heavy (non-hydrogen) atoms. The monoisotopic (exact) mass is 387 g/mol. The molecule has 3 rings (SSSR count). The summed E-state index contributed by atoms with van der Waals surface area (Å²) in [7, 11) is 0. The van der Waals surface area contributed by atoms with E-state index in [-0.39, 0.29) is 17.7 Å². The first-order valence-electron chi connectivity index (χ1n) is 9.63. The van der Waals surface area contributed by atoms with Gasteiger partial charge in [-0.25, -0.2) is 0 Å². The van der Waals surface area contributed by atoms with Crippen LogP contribution in [0.4, 0.5) is 5.69 Å². The summed E-state index contributed by atoms with van der Waals surface area (Å²) >= 11 is 0. The van der Waals surface area contributed by atoms with Crippen molar-refractivity contribution >= 4 is 17.5 Å². The SMILES string of the molecule is Cc1cccc(C(C)C)c1NC(=O)c1cccc(C(=O)NCc2ccncc2)c1. The van der Waals surface area contributed by atoms with Crippen LogP contribution in [0.5, 0.6) is 0 Å². The zero-order chi connectivity index (χ0) is 20.8. The molecule has 0 atom stereocenters. The van der Waals surface area contributed by atoms with Gasteiger partial charge in [0.15, 0.2) is 0 Å². The number of amides is 2. The predicted molar refractivity (Wildman–Crippen MR) is 115 cm³/mol. The van der Waals surface area contributed by atoms with Crippen molar-refractivity contribution in [3.63, 3.8) is 0 Å². The summed E-state index contributed by atoms with van der Waals surface area (Å²) in [6.45, 7) is 6.57. The van der Waals surface area contributed by atoms with Crippen molar-refractivity contribution in [2.24, 2.45) is 0 Å². The van der Waals surface area contributed by atoms with Gasteiger partial charge in [0.1, 0.15) is 0 Å². The first kappa shape index (κ1) is 20.3. The van der Waals surface area contributed by atoms with Crippen molar-refractivity contribution < 1.29 is 9.59 Å². The second-order valence-electron chi connectivity index (χ2n) is 7.27. The van der Waals surface area contributed by atoms with Crippen molar-refractivity contribution in [1.82, 2.24) is 10.3 Å². The number of rotatable bonds is 6. The topological polar surface area (TPSA) is 71.1 Å². The highest BCUT2D eigenvalue weighted by Crippen LogP contribution is 2.27. The van der Waals surface area contributed by atoms with Gasteiger partial charge in [-0.05, 0) is 59.9 Å². The second-order valence-corrected chi connectivity index (χ2v) is 7.27. The quantitative estimate of drug-likeness (QED) is 0.644. The normalized spacial score (nSPS) is 10.6. The van der Waals surface area contributed by atoms with Gasteiger partial charge in [0, 0.05) is 35.8 Å². The molecule has 3 aromatic rings. The maximum atomic E-state index is 12.8. The molecular weight excluding hydrogens is 362 g/mol. The lowest BCUT2D eigenvalue weighted by atomic mass is 9.98. The smallest absolute Gasteiger partial charge is 0.255 e. The van der Waals surface area contributed by atoms with Crippen molar-refractivity contribution in [2.45, 2.75) is 33.2 Å². The number of hydrogen-bond donors (Lipinski definition) is 2. The number of aromatic nitrogens is 1. The molecule has 0 saturated heterocycles. The van der Waals surface area contributed by atoms with Gasteiger partial charge in [-0.2, -0.15) is 0 Å². The molecule has 5 nitrogen and oxygen atoms in total. The third-order valence-corrected chi connectivity index (χ3v) is 4.75. The van der Waals surface area contributed by atoms with Gasteiger partial charge in [-0.15, -0.1) is 0 Å². The maximum Gasteiger partial charge on any atom is 0.255 e. The fraction of sp³-hybridized carbons (Fsp3) is 0.208. The molecule has 1 heterocycles. The summed E-state index contributed by atoms with van der Waals surface area (Å²) in [6.07, 6.45) is 3.37. The predicted octanol–water partition coefficient (Wildman–Crippen LogP) is 4.70.